The molecule has 0 aliphatic heterocycles. The first-order valence-corrected chi connectivity index (χ1v) is 6.00. The summed E-state index contributed by atoms with van der Waals surface area (Å²) in [6.07, 6.45) is 4.77. The summed E-state index contributed by atoms with van der Waals surface area (Å²) in [6.45, 7) is 1.96. The molecule has 0 saturated carbocycles. The fourth-order valence-corrected chi connectivity index (χ4v) is 1.73. The summed E-state index contributed by atoms with van der Waals surface area (Å²) in [6, 6.07) is 1.75. The fourth-order valence-electron chi connectivity index (χ4n) is 1.34. The zero-order chi connectivity index (χ0) is 11.3. The van der Waals surface area contributed by atoms with Crippen LogP contribution in [0.3, 0.4) is 0 Å². The van der Waals surface area contributed by atoms with Gasteiger partial charge in [-0.3, -0.25) is 4.79 Å². The first-order chi connectivity index (χ1) is 7.19. The number of hydrogen-bond acceptors (Lipinski definition) is 4. The maximum absolute atomic E-state index is 11.0. The van der Waals surface area contributed by atoms with E-state index in [0.29, 0.717) is 12.1 Å². The molecule has 0 spiro atoms. The van der Waals surface area contributed by atoms with Gasteiger partial charge in [0, 0.05) is 0 Å². The van der Waals surface area contributed by atoms with E-state index in [2.05, 4.69) is 9.97 Å². The highest BCUT2D eigenvalue weighted by atomic mass is 32.2. The van der Waals surface area contributed by atoms with Crippen LogP contribution in [0.5, 0.6) is 0 Å². The lowest BCUT2D eigenvalue weighted by Crippen LogP contribution is -2.13. The van der Waals surface area contributed by atoms with Crippen LogP contribution in [0, 0.1) is 0 Å². The van der Waals surface area contributed by atoms with E-state index in [9.17, 15) is 4.79 Å². The highest BCUT2D eigenvalue weighted by molar-refractivity contribution is 7.98. The van der Waals surface area contributed by atoms with Gasteiger partial charge >= 0.3 is 5.97 Å². The van der Waals surface area contributed by atoms with Crippen molar-refractivity contribution in [2.75, 3.05) is 6.26 Å². The van der Waals surface area contributed by atoms with Crippen LogP contribution in [0.4, 0.5) is 0 Å². The van der Waals surface area contributed by atoms with E-state index in [4.69, 9.17) is 5.11 Å². The summed E-state index contributed by atoms with van der Waals surface area (Å²) in [4.78, 5) is 19.1. The van der Waals surface area contributed by atoms with Gasteiger partial charge in [-0.05, 0) is 18.7 Å². The quantitative estimate of drug-likeness (QED) is 0.615. The van der Waals surface area contributed by atoms with Crippen molar-refractivity contribution in [2.45, 2.75) is 30.7 Å². The van der Waals surface area contributed by atoms with Gasteiger partial charge in [0.25, 0.3) is 0 Å². The SMILES string of the molecule is CCCC(C(=O)O)c1cc(SC)ncn1. The second-order valence-electron chi connectivity index (χ2n) is 3.16. The van der Waals surface area contributed by atoms with Gasteiger partial charge < -0.3 is 5.11 Å². The zero-order valence-electron chi connectivity index (χ0n) is 8.80. The molecular weight excluding hydrogens is 212 g/mol. The molecule has 0 aliphatic rings. The number of rotatable bonds is 5. The second-order valence-corrected chi connectivity index (χ2v) is 3.99. The molecule has 0 fully saturated rings. The summed E-state index contributed by atoms with van der Waals surface area (Å²) >= 11 is 1.49. The minimum Gasteiger partial charge on any atom is -0.481 e. The maximum Gasteiger partial charge on any atom is 0.312 e. The van der Waals surface area contributed by atoms with E-state index in [1.807, 2.05) is 13.2 Å². The third kappa shape index (κ3) is 3.20. The number of aliphatic carboxylic acids is 1. The van der Waals surface area contributed by atoms with Crippen molar-refractivity contribution in [1.82, 2.24) is 9.97 Å². The molecule has 1 aromatic rings. The molecule has 1 atom stereocenters. The van der Waals surface area contributed by atoms with Crippen molar-refractivity contribution in [1.29, 1.82) is 0 Å². The molecule has 1 unspecified atom stereocenters. The molecule has 4 nitrogen and oxygen atoms in total. The van der Waals surface area contributed by atoms with Gasteiger partial charge in [0.1, 0.15) is 6.33 Å². The summed E-state index contributed by atoms with van der Waals surface area (Å²) in [5.41, 5.74) is 0.601. The summed E-state index contributed by atoms with van der Waals surface area (Å²) in [7, 11) is 0. The molecule has 1 rings (SSSR count). The Hall–Kier alpha value is -1.10. The van der Waals surface area contributed by atoms with E-state index in [-0.39, 0.29) is 0 Å². The van der Waals surface area contributed by atoms with Crippen molar-refractivity contribution in [2.24, 2.45) is 0 Å². The largest absolute Gasteiger partial charge is 0.481 e. The maximum atomic E-state index is 11.0. The Labute approximate surface area is 93.1 Å². The molecule has 0 aliphatic carbocycles. The normalized spacial score (nSPS) is 12.4. The lowest BCUT2D eigenvalue weighted by atomic mass is 10.00. The van der Waals surface area contributed by atoms with Crippen molar-refractivity contribution in [3.8, 4) is 0 Å². The van der Waals surface area contributed by atoms with Gasteiger partial charge in [0.2, 0.25) is 0 Å². The van der Waals surface area contributed by atoms with Crippen LogP contribution in [0.15, 0.2) is 17.4 Å². The number of thioether (sulfide) groups is 1. The van der Waals surface area contributed by atoms with Crippen LogP contribution in [-0.4, -0.2) is 27.3 Å². The average molecular weight is 226 g/mol. The van der Waals surface area contributed by atoms with Gasteiger partial charge in [-0.25, -0.2) is 9.97 Å². The van der Waals surface area contributed by atoms with Crippen molar-refractivity contribution >= 4 is 17.7 Å². The Bertz CT molecular complexity index is 344. The van der Waals surface area contributed by atoms with Crippen molar-refractivity contribution < 1.29 is 9.90 Å². The second kappa shape index (κ2) is 5.70. The van der Waals surface area contributed by atoms with Crippen LogP contribution in [0.25, 0.3) is 0 Å². The van der Waals surface area contributed by atoms with Gasteiger partial charge in [-0.1, -0.05) is 13.3 Å². The van der Waals surface area contributed by atoms with Gasteiger partial charge in [-0.2, -0.15) is 0 Å². The van der Waals surface area contributed by atoms with Crippen LogP contribution in [0.2, 0.25) is 0 Å². The molecule has 15 heavy (non-hydrogen) atoms. The summed E-state index contributed by atoms with van der Waals surface area (Å²) in [5, 5.41) is 9.86. The number of aromatic nitrogens is 2. The standard InChI is InChI=1S/C10H14N2O2S/c1-3-4-7(10(13)14)8-5-9(15-2)12-6-11-8/h5-7H,3-4H2,1-2H3,(H,13,14). The average Bonchev–Trinajstić information content (AvgIpc) is 2.25. The topological polar surface area (TPSA) is 63.1 Å². The molecule has 0 aromatic carbocycles. The molecule has 5 heteroatoms. The Kier molecular flexibility index (Phi) is 4.55. The number of carboxylic acid groups (broad SMARTS) is 1. The lowest BCUT2D eigenvalue weighted by molar-refractivity contribution is -0.139. The molecule has 1 N–H and O–H groups in total. The Balaban J connectivity index is 2.94. The minimum absolute atomic E-state index is 0.510. The first-order valence-electron chi connectivity index (χ1n) is 4.77. The molecule has 0 radical (unpaired) electrons. The van der Waals surface area contributed by atoms with Crippen molar-refractivity contribution in [3.05, 3.63) is 18.1 Å². The Morgan fingerprint density at radius 3 is 2.87 bits per heavy atom. The molecule has 82 valence electrons. The van der Waals surface area contributed by atoms with E-state index >= 15 is 0 Å². The first kappa shape index (κ1) is 12.0. The van der Waals surface area contributed by atoms with Crippen LogP contribution in [-0.2, 0) is 4.79 Å². The van der Waals surface area contributed by atoms with E-state index in [1.165, 1.54) is 18.1 Å². The van der Waals surface area contributed by atoms with Gasteiger partial charge in [-0.15, -0.1) is 11.8 Å². The number of nitrogens with zero attached hydrogens (tertiary/aromatic N) is 2. The molecule has 0 bridgehead atoms. The van der Waals surface area contributed by atoms with Gasteiger partial charge in [0.15, 0.2) is 0 Å². The third-order valence-electron chi connectivity index (χ3n) is 2.10. The third-order valence-corrected chi connectivity index (χ3v) is 2.75. The van der Waals surface area contributed by atoms with E-state index < -0.39 is 11.9 Å². The fraction of sp³-hybridized carbons (Fsp3) is 0.500. The van der Waals surface area contributed by atoms with Crippen molar-refractivity contribution in [3.63, 3.8) is 0 Å². The number of hydrogen-bond donors (Lipinski definition) is 1. The van der Waals surface area contributed by atoms with Gasteiger partial charge in [0.05, 0.1) is 16.6 Å². The van der Waals surface area contributed by atoms with Crippen LogP contribution < -0.4 is 0 Å². The van der Waals surface area contributed by atoms with Crippen LogP contribution in [0.1, 0.15) is 31.4 Å². The lowest BCUT2D eigenvalue weighted by Gasteiger charge is -2.10. The van der Waals surface area contributed by atoms with E-state index in [0.717, 1.165) is 11.4 Å². The monoisotopic (exact) mass is 226 g/mol. The number of carbonyl (C=O) groups is 1. The molecule has 1 aromatic heterocycles. The predicted molar refractivity (Wildman–Crippen MR) is 59.1 cm³/mol. The molecule has 0 amide bonds. The molecule has 0 saturated heterocycles. The smallest absolute Gasteiger partial charge is 0.312 e. The minimum atomic E-state index is -0.817. The predicted octanol–water partition coefficient (Wildman–Crippen LogP) is 2.17. The highest BCUT2D eigenvalue weighted by Gasteiger charge is 2.20. The zero-order valence-corrected chi connectivity index (χ0v) is 9.62. The Morgan fingerprint density at radius 1 is 1.60 bits per heavy atom. The number of carboxylic acids is 1. The summed E-state index contributed by atoms with van der Waals surface area (Å²) in [5.74, 6) is -1.33. The molecular formula is C10H14N2O2S. The Morgan fingerprint density at radius 2 is 2.33 bits per heavy atom. The highest BCUT2D eigenvalue weighted by Crippen LogP contribution is 2.22. The van der Waals surface area contributed by atoms with Crippen LogP contribution >= 0.6 is 11.8 Å². The van der Waals surface area contributed by atoms with E-state index in [1.54, 1.807) is 6.07 Å². The summed E-state index contributed by atoms with van der Waals surface area (Å²) < 4.78 is 0. The molecule has 1 heterocycles.